The van der Waals surface area contributed by atoms with Crippen molar-refractivity contribution in [3.63, 3.8) is 0 Å². The van der Waals surface area contributed by atoms with E-state index in [4.69, 9.17) is 11.6 Å². The fourth-order valence-electron chi connectivity index (χ4n) is 3.74. The SMILES string of the molecule is O=C(Nc1ccccc1C(F)(F)F)C1CCCN(c2ccc(-c3ccc(Cl)cc3)nn2)C1. The lowest BCUT2D eigenvalue weighted by atomic mass is 9.96. The number of para-hydroxylation sites is 1. The Balaban J connectivity index is 1.44. The van der Waals surface area contributed by atoms with Crippen molar-refractivity contribution in [2.24, 2.45) is 5.92 Å². The van der Waals surface area contributed by atoms with Gasteiger partial charge in [-0.3, -0.25) is 4.79 Å². The Kier molecular flexibility index (Phi) is 6.32. The molecule has 1 fully saturated rings. The van der Waals surface area contributed by atoms with E-state index in [1.807, 2.05) is 29.2 Å². The van der Waals surface area contributed by atoms with E-state index in [1.54, 1.807) is 12.1 Å². The summed E-state index contributed by atoms with van der Waals surface area (Å²) in [5.41, 5.74) is 0.493. The molecule has 0 spiro atoms. The number of benzene rings is 2. The van der Waals surface area contributed by atoms with Gasteiger partial charge in [-0.15, -0.1) is 10.2 Å². The van der Waals surface area contributed by atoms with Crippen LogP contribution in [0.25, 0.3) is 11.3 Å². The molecule has 1 N–H and O–H groups in total. The highest BCUT2D eigenvalue weighted by molar-refractivity contribution is 6.30. The van der Waals surface area contributed by atoms with E-state index in [0.717, 1.165) is 18.1 Å². The predicted molar refractivity (Wildman–Crippen MR) is 117 cm³/mol. The van der Waals surface area contributed by atoms with E-state index in [9.17, 15) is 18.0 Å². The van der Waals surface area contributed by atoms with Gasteiger partial charge in [0.05, 0.1) is 22.9 Å². The monoisotopic (exact) mass is 460 g/mol. The average molecular weight is 461 g/mol. The fraction of sp³-hybridized carbons (Fsp3) is 0.261. The van der Waals surface area contributed by atoms with Crippen molar-refractivity contribution in [2.45, 2.75) is 19.0 Å². The van der Waals surface area contributed by atoms with Crippen LogP contribution in [0.4, 0.5) is 24.7 Å². The van der Waals surface area contributed by atoms with Gasteiger partial charge in [-0.2, -0.15) is 13.2 Å². The summed E-state index contributed by atoms with van der Waals surface area (Å²) in [5.74, 6) is -0.268. The molecule has 0 saturated carbocycles. The van der Waals surface area contributed by atoms with Crippen LogP contribution in [0.3, 0.4) is 0 Å². The number of nitrogens with zero attached hydrogens (tertiary/aromatic N) is 3. The second kappa shape index (κ2) is 9.16. The number of amides is 1. The first-order valence-corrected chi connectivity index (χ1v) is 10.5. The van der Waals surface area contributed by atoms with E-state index >= 15 is 0 Å². The molecule has 1 aliphatic rings. The maximum atomic E-state index is 13.2. The Morgan fingerprint density at radius 1 is 1.03 bits per heavy atom. The summed E-state index contributed by atoms with van der Waals surface area (Å²) in [6, 6.07) is 15.9. The van der Waals surface area contributed by atoms with E-state index < -0.39 is 23.6 Å². The van der Waals surface area contributed by atoms with Crippen LogP contribution in [-0.2, 0) is 11.0 Å². The van der Waals surface area contributed by atoms with Gasteiger partial charge in [0.25, 0.3) is 0 Å². The lowest BCUT2D eigenvalue weighted by Crippen LogP contribution is -2.41. The quantitative estimate of drug-likeness (QED) is 0.545. The Bertz CT molecular complexity index is 1090. The summed E-state index contributed by atoms with van der Waals surface area (Å²) in [6.45, 7) is 1.05. The lowest BCUT2D eigenvalue weighted by Gasteiger charge is -2.32. The average Bonchev–Trinajstić information content (AvgIpc) is 2.79. The van der Waals surface area contributed by atoms with Crippen LogP contribution in [0, 0.1) is 5.92 Å². The summed E-state index contributed by atoms with van der Waals surface area (Å²) in [6.07, 6.45) is -3.23. The zero-order chi connectivity index (χ0) is 22.7. The fourth-order valence-corrected chi connectivity index (χ4v) is 3.87. The predicted octanol–water partition coefficient (Wildman–Crippen LogP) is 5.67. The van der Waals surface area contributed by atoms with E-state index in [1.165, 1.54) is 18.2 Å². The van der Waals surface area contributed by atoms with Crippen LogP contribution in [-0.4, -0.2) is 29.2 Å². The minimum absolute atomic E-state index is 0.228. The third kappa shape index (κ3) is 5.02. The summed E-state index contributed by atoms with van der Waals surface area (Å²) in [4.78, 5) is 14.7. The van der Waals surface area contributed by atoms with Crippen LogP contribution < -0.4 is 10.2 Å². The molecular weight excluding hydrogens is 441 g/mol. The molecule has 0 aliphatic carbocycles. The molecule has 1 aliphatic heterocycles. The first kappa shape index (κ1) is 22.1. The zero-order valence-electron chi connectivity index (χ0n) is 16.9. The molecule has 1 saturated heterocycles. The molecule has 0 radical (unpaired) electrons. The first-order chi connectivity index (χ1) is 15.3. The third-order valence-corrected chi connectivity index (χ3v) is 5.65. The molecule has 1 aromatic heterocycles. The summed E-state index contributed by atoms with van der Waals surface area (Å²) in [5, 5.41) is 11.7. The van der Waals surface area contributed by atoms with Gasteiger partial charge in [0.15, 0.2) is 5.82 Å². The van der Waals surface area contributed by atoms with Crippen molar-refractivity contribution in [3.8, 4) is 11.3 Å². The van der Waals surface area contributed by atoms with Crippen LogP contribution in [0.2, 0.25) is 5.02 Å². The Morgan fingerprint density at radius 3 is 2.47 bits per heavy atom. The standard InChI is InChI=1S/C23H20ClF3N4O/c24-17-9-7-15(8-10-17)19-11-12-21(30-29-19)31-13-3-4-16(14-31)22(32)28-20-6-2-1-5-18(20)23(25,26)27/h1-2,5-12,16H,3-4,13-14H2,(H,28,32). The zero-order valence-corrected chi connectivity index (χ0v) is 17.7. The molecule has 9 heteroatoms. The largest absolute Gasteiger partial charge is 0.418 e. The van der Waals surface area contributed by atoms with Gasteiger partial charge in [0.1, 0.15) is 0 Å². The van der Waals surface area contributed by atoms with Gasteiger partial charge in [0, 0.05) is 23.7 Å². The second-order valence-electron chi connectivity index (χ2n) is 7.60. The lowest BCUT2D eigenvalue weighted by molar-refractivity contribution is -0.137. The highest BCUT2D eigenvalue weighted by atomic mass is 35.5. The number of aromatic nitrogens is 2. The van der Waals surface area contributed by atoms with Gasteiger partial charge in [-0.1, -0.05) is 35.9 Å². The molecule has 3 aromatic rings. The van der Waals surface area contributed by atoms with Gasteiger partial charge in [-0.25, -0.2) is 0 Å². The van der Waals surface area contributed by atoms with E-state index in [0.29, 0.717) is 36.0 Å². The third-order valence-electron chi connectivity index (χ3n) is 5.40. The number of hydrogen-bond acceptors (Lipinski definition) is 4. The minimum Gasteiger partial charge on any atom is -0.354 e. The van der Waals surface area contributed by atoms with E-state index in [-0.39, 0.29) is 5.69 Å². The van der Waals surface area contributed by atoms with Crippen LogP contribution in [0.5, 0.6) is 0 Å². The molecule has 2 heterocycles. The maximum Gasteiger partial charge on any atom is 0.418 e. The van der Waals surface area contributed by atoms with Crippen molar-refractivity contribution in [2.75, 3.05) is 23.3 Å². The number of rotatable bonds is 4. The molecule has 1 unspecified atom stereocenters. The molecular formula is C23H20ClF3N4O. The molecule has 32 heavy (non-hydrogen) atoms. The molecule has 1 amide bonds. The van der Waals surface area contributed by atoms with Crippen LogP contribution in [0.15, 0.2) is 60.7 Å². The second-order valence-corrected chi connectivity index (χ2v) is 8.04. The van der Waals surface area contributed by atoms with E-state index in [2.05, 4.69) is 15.5 Å². The molecule has 0 bridgehead atoms. The number of carbonyl (C=O) groups excluding carboxylic acids is 1. The summed E-state index contributed by atoms with van der Waals surface area (Å²) < 4.78 is 39.7. The number of halogens is 4. The smallest absolute Gasteiger partial charge is 0.354 e. The number of piperidine rings is 1. The highest BCUT2D eigenvalue weighted by Gasteiger charge is 2.34. The van der Waals surface area contributed by atoms with Gasteiger partial charge < -0.3 is 10.2 Å². The number of anilines is 2. The van der Waals surface area contributed by atoms with Crippen LogP contribution in [0.1, 0.15) is 18.4 Å². The molecule has 5 nitrogen and oxygen atoms in total. The molecule has 166 valence electrons. The van der Waals surface area contributed by atoms with Gasteiger partial charge in [-0.05, 0) is 49.2 Å². The first-order valence-electron chi connectivity index (χ1n) is 10.1. The number of alkyl halides is 3. The highest BCUT2D eigenvalue weighted by Crippen LogP contribution is 2.35. The molecule has 2 aromatic carbocycles. The van der Waals surface area contributed by atoms with Crippen molar-refractivity contribution in [3.05, 3.63) is 71.2 Å². The normalized spacial score (nSPS) is 16.6. The Morgan fingerprint density at radius 2 is 1.78 bits per heavy atom. The van der Waals surface area contributed by atoms with Crippen molar-refractivity contribution in [1.82, 2.24) is 10.2 Å². The Hall–Kier alpha value is -3.13. The Labute approximate surface area is 188 Å². The molecule has 4 rings (SSSR count). The van der Waals surface area contributed by atoms with Gasteiger partial charge in [0.2, 0.25) is 5.91 Å². The van der Waals surface area contributed by atoms with Gasteiger partial charge >= 0.3 is 6.18 Å². The van der Waals surface area contributed by atoms with Crippen molar-refractivity contribution < 1.29 is 18.0 Å². The summed E-state index contributed by atoms with van der Waals surface area (Å²) in [7, 11) is 0. The molecule has 1 atom stereocenters. The maximum absolute atomic E-state index is 13.2. The van der Waals surface area contributed by atoms with Crippen LogP contribution >= 0.6 is 11.6 Å². The number of carbonyl (C=O) groups is 1. The van der Waals surface area contributed by atoms with Crippen molar-refractivity contribution >= 4 is 29.0 Å². The summed E-state index contributed by atoms with van der Waals surface area (Å²) >= 11 is 5.92. The van der Waals surface area contributed by atoms with Crippen molar-refractivity contribution in [1.29, 1.82) is 0 Å². The minimum atomic E-state index is -4.54. The topological polar surface area (TPSA) is 58.1 Å². The number of hydrogen-bond donors (Lipinski definition) is 1. The number of nitrogens with one attached hydrogen (secondary N) is 1.